The summed E-state index contributed by atoms with van der Waals surface area (Å²) in [7, 11) is 1.61. The standard InChI is InChI=1S/C16H25NO4/c1-4-7-21-15-6-5-13(9-16(15)20-3)8-14(11-18)10-17-12(2)19/h5-6,9,14,18H,4,7-8,10-11H2,1-3H3,(H,17,19). The van der Waals surface area contributed by atoms with E-state index in [9.17, 15) is 9.90 Å². The Hall–Kier alpha value is -1.75. The highest BCUT2D eigenvalue weighted by molar-refractivity contribution is 5.72. The van der Waals surface area contributed by atoms with Crippen LogP contribution in [0.4, 0.5) is 0 Å². The van der Waals surface area contributed by atoms with Gasteiger partial charge in [0.25, 0.3) is 0 Å². The second-order valence-electron chi connectivity index (χ2n) is 5.02. The Bertz CT molecular complexity index is 448. The summed E-state index contributed by atoms with van der Waals surface area (Å²) < 4.78 is 11.0. The number of hydrogen-bond donors (Lipinski definition) is 2. The molecule has 1 aromatic rings. The SMILES string of the molecule is CCCOc1ccc(CC(CO)CNC(C)=O)cc1OC. The molecule has 0 heterocycles. The molecule has 1 unspecified atom stereocenters. The van der Waals surface area contributed by atoms with Gasteiger partial charge in [-0.1, -0.05) is 13.0 Å². The third-order valence-corrected chi connectivity index (χ3v) is 3.11. The number of rotatable bonds is 9. The normalized spacial score (nSPS) is 11.8. The lowest BCUT2D eigenvalue weighted by Gasteiger charge is -2.16. The molecule has 0 radical (unpaired) electrons. The average Bonchev–Trinajstić information content (AvgIpc) is 2.49. The molecule has 2 N–H and O–H groups in total. The van der Waals surface area contributed by atoms with Gasteiger partial charge in [0.2, 0.25) is 5.91 Å². The van der Waals surface area contributed by atoms with Crippen molar-refractivity contribution >= 4 is 5.91 Å². The minimum atomic E-state index is -0.0886. The number of benzene rings is 1. The predicted molar refractivity (Wildman–Crippen MR) is 81.7 cm³/mol. The number of aliphatic hydroxyl groups excluding tert-OH is 1. The summed E-state index contributed by atoms with van der Waals surface area (Å²) in [4.78, 5) is 10.9. The van der Waals surface area contributed by atoms with E-state index in [2.05, 4.69) is 12.2 Å². The molecule has 0 fully saturated rings. The van der Waals surface area contributed by atoms with Gasteiger partial charge < -0.3 is 19.9 Å². The maximum absolute atomic E-state index is 10.9. The fourth-order valence-electron chi connectivity index (χ4n) is 1.99. The van der Waals surface area contributed by atoms with Crippen molar-refractivity contribution in [1.82, 2.24) is 5.32 Å². The monoisotopic (exact) mass is 295 g/mol. The summed E-state index contributed by atoms with van der Waals surface area (Å²) in [6.45, 7) is 4.66. The third-order valence-electron chi connectivity index (χ3n) is 3.11. The van der Waals surface area contributed by atoms with Crippen LogP contribution >= 0.6 is 0 Å². The molecule has 118 valence electrons. The zero-order chi connectivity index (χ0) is 15.7. The highest BCUT2D eigenvalue weighted by atomic mass is 16.5. The fraction of sp³-hybridized carbons (Fsp3) is 0.562. The molecular weight excluding hydrogens is 270 g/mol. The number of amides is 1. The van der Waals surface area contributed by atoms with Crippen LogP contribution in [0.5, 0.6) is 11.5 Å². The van der Waals surface area contributed by atoms with E-state index >= 15 is 0 Å². The quantitative estimate of drug-likeness (QED) is 0.728. The Kier molecular flexibility index (Phi) is 7.61. The van der Waals surface area contributed by atoms with Crippen molar-refractivity contribution in [1.29, 1.82) is 0 Å². The Morgan fingerprint density at radius 2 is 2.14 bits per heavy atom. The van der Waals surface area contributed by atoms with E-state index in [0.29, 0.717) is 25.3 Å². The highest BCUT2D eigenvalue weighted by Gasteiger charge is 2.12. The van der Waals surface area contributed by atoms with E-state index in [1.165, 1.54) is 6.92 Å². The first kappa shape index (κ1) is 17.3. The van der Waals surface area contributed by atoms with Crippen LogP contribution < -0.4 is 14.8 Å². The molecule has 0 saturated heterocycles. The first-order valence-corrected chi connectivity index (χ1v) is 7.25. The van der Waals surface area contributed by atoms with E-state index in [1.807, 2.05) is 18.2 Å². The van der Waals surface area contributed by atoms with Crippen LogP contribution in [0.1, 0.15) is 25.8 Å². The van der Waals surface area contributed by atoms with Gasteiger partial charge in [0.05, 0.1) is 13.7 Å². The number of methoxy groups -OCH3 is 1. The molecule has 21 heavy (non-hydrogen) atoms. The topological polar surface area (TPSA) is 67.8 Å². The zero-order valence-electron chi connectivity index (χ0n) is 13.0. The third kappa shape index (κ3) is 6.04. The van der Waals surface area contributed by atoms with Gasteiger partial charge in [-0.2, -0.15) is 0 Å². The maximum Gasteiger partial charge on any atom is 0.216 e. The van der Waals surface area contributed by atoms with Crippen LogP contribution in [0.15, 0.2) is 18.2 Å². The molecule has 1 atom stereocenters. The van der Waals surface area contributed by atoms with Gasteiger partial charge in [0.15, 0.2) is 11.5 Å². The van der Waals surface area contributed by atoms with E-state index in [1.54, 1.807) is 7.11 Å². The van der Waals surface area contributed by atoms with Crippen LogP contribution in [0.3, 0.4) is 0 Å². The molecule has 1 rings (SSSR count). The van der Waals surface area contributed by atoms with Gasteiger partial charge >= 0.3 is 0 Å². The molecule has 0 aliphatic rings. The van der Waals surface area contributed by atoms with Gasteiger partial charge in [-0.25, -0.2) is 0 Å². The Balaban J connectivity index is 2.71. The van der Waals surface area contributed by atoms with Crippen LogP contribution in [0.25, 0.3) is 0 Å². The van der Waals surface area contributed by atoms with Crippen LogP contribution in [-0.2, 0) is 11.2 Å². The molecular formula is C16H25NO4. The molecule has 1 amide bonds. The Morgan fingerprint density at radius 3 is 2.71 bits per heavy atom. The largest absolute Gasteiger partial charge is 0.493 e. The van der Waals surface area contributed by atoms with Crippen LogP contribution in [0, 0.1) is 5.92 Å². The van der Waals surface area contributed by atoms with Crippen molar-refractivity contribution in [2.75, 3.05) is 26.9 Å². The molecule has 5 nitrogen and oxygen atoms in total. The number of hydrogen-bond acceptors (Lipinski definition) is 4. The van der Waals surface area contributed by atoms with Crippen molar-refractivity contribution in [3.8, 4) is 11.5 Å². The summed E-state index contributed by atoms with van der Waals surface area (Å²) in [5.41, 5.74) is 1.04. The molecule has 1 aromatic carbocycles. The van der Waals surface area contributed by atoms with E-state index in [4.69, 9.17) is 9.47 Å². The molecule has 0 aliphatic carbocycles. The lowest BCUT2D eigenvalue weighted by Crippen LogP contribution is -2.30. The first-order valence-electron chi connectivity index (χ1n) is 7.25. The first-order chi connectivity index (χ1) is 10.1. The summed E-state index contributed by atoms with van der Waals surface area (Å²) in [6, 6.07) is 5.77. The van der Waals surface area contributed by atoms with Crippen LogP contribution in [-0.4, -0.2) is 37.9 Å². The van der Waals surface area contributed by atoms with Gasteiger partial charge in [0.1, 0.15) is 0 Å². The lowest BCUT2D eigenvalue weighted by molar-refractivity contribution is -0.119. The Morgan fingerprint density at radius 1 is 1.38 bits per heavy atom. The number of carbonyl (C=O) groups is 1. The second kappa shape index (κ2) is 9.23. The number of carbonyl (C=O) groups excluding carboxylic acids is 1. The minimum absolute atomic E-state index is 0.0129. The fourth-order valence-corrected chi connectivity index (χ4v) is 1.99. The van der Waals surface area contributed by atoms with E-state index < -0.39 is 0 Å². The van der Waals surface area contributed by atoms with Crippen molar-refractivity contribution in [3.63, 3.8) is 0 Å². The zero-order valence-corrected chi connectivity index (χ0v) is 13.0. The van der Waals surface area contributed by atoms with Crippen LogP contribution in [0.2, 0.25) is 0 Å². The van der Waals surface area contributed by atoms with Gasteiger partial charge in [-0.05, 0) is 30.5 Å². The minimum Gasteiger partial charge on any atom is -0.493 e. The molecule has 0 aliphatic heterocycles. The van der Waals surface area contributed by atoms with Crippen molar-refractivity contribution in [2.45, 2.75) is 26.7 Å². The van der Waals surface area contributed by atoms with Gasteiger partial charge in [0, 0.05) is 26.0 Å². The highest BCUT2D eigenvalue weighted by Crippen LogP contribution is 2.29. The number of ether oxygens (including phenoxy) is 2. The number of aliphatic hydroxyl groups is 1. The average molecular weight is 295 g/mol. The van der Waals surface area contributed by atoms with E-state index in [-0.39, 0.29) is 18.4 Å². The molecule has 0 spiro atoms. The van der Waals surface area contributed by atoms with Gasteiger partial charge in [-0.3, -0.25) is 4.79 Å². The predicted octanol–water partition coefficient (Wildman–Crippen LogP) is 1.77. The summed E-state index contributed by atoms with van der Waals surface area (Å²) >= 11 is 0. The molecule has 0 saturated carbocycles. The molecule has 0 bridgehead atoms. The lowest BCUT2D eigenvalue weighted by atomic mass is 9.99. The second-order valence-corrected chi connectivity index (χ2v) is 5.02. The Labute approximate surface area is 126 Å². The smallest absolute Gasteiger partial charge is 0.216 e. The van der Waals surface area contributed by atoms with Crippen molar-refractivity contribution in [3.05, 3.63) is 23.8 Å². The number of nitrogens with one attached hydrogen (secondary N) is 1. The molecule has 5 heteroatoms. The maximum atomic E-state index is 10.9. The molecule has 0 aromatic heterocycles. The van der Waals surface area contributed by atoms with Crippen molar-refractivity contribution < 1.29 is 19.4 Å². The van der Waals surface area contributed by atoms with Crippen molar-refractivity contribution in [2.24, 2.45) is 5.92 Å². The summed E-state index contributed by atoms with van der Waals surface area (Å²) in [6.07, 6.45) is 1.61. The summed E-state index contributed by atoms with van der Waals surface area (Å²) in [5.74, 6) is 1.32. The van der Waals surface area contributed by atoms with Gasteiger partial charge in [-0.15, -0.1) is 0 Å². The summed E-state index contributed by atoms with van der Waals surface area (Å²) in [5, 5.41) is 12.1. The van der Waals surface area contributed by atoms with E-state index in [0.717, 1.165) is 17.7 Å².